The van der Waals surface area contributed by atoms with Gasteiger partial charge in [-0.25, -0.2) is 9.69 Å². The Morgan fingerprint density at radius 1 is 1.28 bits per heavy atom. The highest BCUT2D eigenvalue weighted by Crippen LogP contribution is 2.29. The van der Waals surface area contributed by atoms with Gasteiger partial charge in [-0.05, 0) is 24.6 Å². The quantitative estimate of drug-likeness (QED) is 0.722. The fraction of sp³-hybridized carbons (Fsp3) is 0.333. The smallest absolute Gasteiger partial charge is 0.329 e. The van der Waals surface area contributed by atoms with Gasteiger partial charge in [0.1, 0.15) is 12.6 Å². The van der Waals surface area contributed by atoms with E-state index >= 15 is 0 Å². The first kappa shape index (κ1) is 19.0. The maximum absolute atomic E-state index is 12.4. The zero-order valence-corrected chi connectivity index (χ0v) is 14.7. The van der Waals surface area contributed by atoms with E-state index in [2.05, 4.69) is 5.32 Å². The van der Waals surface area contributed by atoms with Crippen LogP contribution in [0, 0.1) is 0 Å². The average molecular weight is 388 g/mol. The molecular formula is C15H15Cl2N3O5. The topological polar surface area (TPSA) is 107 Å². The summed E-state index contributed by atoms with van der Waals surface area (Å²) in [7, 11) is 1.35. The van der Waals surface area contributed by atoms with Crippen LogP contribution < -0.4 is 10.2 Å². The summed E-state index contributed by atoms with van der Waals surface area (Å²) in [4.78, 5) is 48.9. The summed E-state index contributed by atoms with van der Waals surface area (Å²) in [6, 6.07) is 2.86. The third-order valence-corrected chi connectivity index (χ3v) is 4.36. The van der Waals surface area contributed by atoms with Crippen molar-refractivity contribution in [3.05, 3.63) is 28.2 Å². The summed E-state index contributed by atoms with van der Waals surface area (Å²) < 4.78 is 0. The molecule has 1 aromatic rings. The molecule has 0 aliphatic carbocycles. The molecule has 1 aromatic carbocycles. The molecule has 10 heteroatoms. The van der Waals surface area contributed by atoms with E-state index < -0.39 is 36.4 Å². The number of amides is 4. The van der Waals surface area contributed by atoms with Gasteiger partial charge in [-0.3, -0.25) is 14.4 Å². The Labute approximate surface area is 153 Å². The van der Waals surface area contributed by atoms with Crippen molar-refractivity contribution in [2.45, 2.75) is 18.9 Å². The first-order chi connectivity index (χ1) is 11.7. The Morgan fingerprint density at radius 3 is 2.56 bits per heavy atom. The molecule has 1 heterocycles. The Bertz CT molecular complexity index is 740. The molecule has 0 aromatic heterocycles. The van der Waals surface area contributed by atoms with E-state index in [0.717, 1.165) is 9.80 Å². The van der Waals surface area contributed by atoms with Crippen molar-refractivity contribution in [1.29, 1.82) is 0 Å². The standard InChI is InChI=1S/C15H15Cl2N3O5/c1-19(7-13(22)23)12(21)5-4-11-14(24)20(15(25)18-11)8-2-3-9(16)10(17)6-8/h2-3,6,11H,4-5,7H2,1H3,(H,18,25)(H,22,23). The lowest BCUT2D eigenvalue weighted by molar-refractivity contribution is -0.143. The van der Waals surface area contributed by atoms with Gasteiger partial charge >= 0.3 is 12.0 Å². The van der Waals surface area contributed by atoms with E-state index in [4.69, 9.17) is 28.3 Å². The van der Waals surface area contributed by atoms with Gasteiger partial charge in [-0.15, -0.1) is 0 Å². The Hall–Kier alpha value is -2.32. The van der Waals surface area contributed by atoms with Crippen LogP contribution in [0.15, 0.2) is 18.2 Å². The predicted octanol–water partition coefficient (Wildman–Crippen LogP) is 1.74. The fourth-order valence-corrected chi connectivity index (χ4v) is 2.64. The number of hydrogen-bond acceptors (Lipinski definition) is 4. The van der Waals surface area contributed by atoms with Crippen LogP contribution in [0.1, 0.15) is 12.8 Å². The molecule has 2 rings (SSSR count). The lowest BCUT2D eigenvalue weighted by atomic mass is 10.1. The van der Waals surface area contributed by atoms with Crippen molar-refractivity contribution in [2.24, 2.45) is 0 Å². The second kappa shape index (κ2) is 7.71. The van der Waals surface area contributed by atoms with Crippen LogP contribution in [0.4, 0.5) is 10.5 Å². The number of halogens is 2. The van der Waals surface area contributed by atoms with E-state index in [9.17, 15) is 19.2 Å². The minimum absolute atomic E-state index is 0.0607. The van der Waals surface area contributed by atoms with Gasteiger partial charge in [0, 0.05) is 13.5 Å². The maximum atomic E-state index is 12.4. The number of carbonyl (C=O) groups excluding carboxylic acids is 3. The number of benzene rings is 1. The normalized spacial score (nSPS) is 16.8. The first-order valence-electron chi connectivity index (χ1n) is 7.26. The van der Waals surface area contributed by atoms with Crippen molar-refractivity contribution >= 4 is 52.7 Å². The van der Waals surface area contributed by atoms with Crippen LogP contribution >= 0.6 is 23.2 Å². The molecule has 0 spiro atoms. The molecule has 1 atom stereocenters. The summed E-state index contributed by atoms with van der Waals surface area (Å²) in [5.74, 6) is -2.08. The molecule has 0 saturated carbocycles. The molecule has 1 aliphatic heterocycles. The molecule has 0 bridgehead atoms. The van der Waals surface area contributed by atoms with E-state index in [1.165, 1.54) is 25.2 Å². The molecule has 134 valence electrons. The van der Waals surface area contributed by atoms with Crippen LogP contribution in [0.5, 0.6) is 0 Å². The van der Waals surface area contributed by atoms with Crippen LogP contribution in [0.3, 0.4) is 0 Å². The number of anilines is 1. The zero-order valence-electron chi connectivity index (χ0n) is 13.2. The van der Waals surface area contributed by atoms with Gasteiger partial charge in [0.05, 0.1) is 15.7 Å². The summed E-state index contributed by atoms with van der Waals surface area (Å²) in [6.07, 6.45) is -0.0130. The number of carbonyl (C=O) groups is 4. The van der Waals surface area contributed by atoms with Gasteiger partial charge < -0.3 is 15.3 Å². The molecule has 1 fully saturated rings. The maximum Gasteiger partial charge on any atom is 0.329 e. The minimum atomic E-state index is -1.13. The number of nitrogens with one attached hydrogen (secondary N) is 1. The Morgan fingerprint density at radius 2 is 1.96 bits per heavy atom. The summed E-state index contributed by atoms with van der Waals surface area (Å²) in [6.45, 7) is -0.431. The average Bonchev–Trinajstić information content (AvgIpc) is 2.81. The van der Waals surface area contributed by atoms with Crippen molar-refractivity contribution in [2.75, 3.05) is 18.5 Å². The van der Waals surface area contributed by atoms with E-state index in [1.807, 2.05) is 0 Å². The van der Waals surface area contributed by atoms with Crippen LogP contribution in [-0.4, -0.2) is 53.5 Å². The van der Waals surface area contributed by atoms with Crippen LogP contribution in [0.25, 0.3) is 0 Å². The van der Waals surface area contributed by atoms with Crippen molar-refractivity contribution in [3.63, 3.8) is 0 Å². The molecule has 4 amide bonds. The number of nitrogens with zero attached hydrogens (tertiary/aromatic N) is 2. The molecule has 1 saturated heterocycles. The van der Waals surface area contributed by atoms with E-state index in [0.29, 0.717) is 5.02 Å². The monoisotopic (exact) mass is 387 g/mol. The predicted molar refractivity (Wildman–Crippen MR) is 90.8 cm³/mol. The van der Waals surface area contributed by atoms with Crippen molar-refractivity contribution < 1.29 is 24.3 Å². The Kier molecular flexibility index (Phi) is 5.86. The van der Waals surface area contributed by atoms with Crippen molar-refractivity contribution in [3.8, 4) is 0 Å². The second-order valence-corrected chi connectivity index (χ2v) is 6.27. The van der Waals surface area contributed by atoms with Gasteiger partial charge in [0.25, 0.3) is 5.91 Å². The second-order valence-electron chi connectivity index (χ2n) is 5.46. The number of urea groups is 1. The summed E-state index contributed by atoms with van der Waals surface area (Å²) in [5.41, 5.74) is 0.272. The zero-order chi connectivity index (χ0) is 18.7. The van der Waals surface area contributed by atoms with Gasteiger partial charge in [-0.2, -0.15) is 0 Å². The summed E-state index contributed by atoms with van der Waals surface area (Å²) >= 11 is 11.7. The van der Waals surface area contributed by atoms with Gasteiger partial charge in [0.2, 0.25) is 5.91 Å². The Balaban J connectivity index is 2.02. The molecule has 1 aliphatic rings. The molecule has 1 unspecified atom stereocenters. The lowest BCUT2D eigenvalue weighted by Gasteiger charge is -2.16. The van der Waals surface area contributed by atoms with Gasteiger partial charge in [0.15, 0.2) is 0 Å². The SMILES string of the molecule is CN(CC(=O)O)C(=O)CCC1NC(=O)N(c2ccc(Cl)c(Cl)c2)C1=O. The molecule has 0 radical (unpaired) electrons. The largest absolute Gasteiger partial charge is 0.480 e. The molecular weight excluding hydrogens is 373 g/mol. The third kappa shape index (κ3) is 4.40. The number of carboxylic acid groups (broad SMARTS) is 1. The molecule has 25 heavy (non-hydrogen) atoms. The van der Waals surface area contributed by atoms with Gasteiger partial charge in [-0.1, -0.05) is 23.2 Å². The van der Waals surface area contributed by atoms with E-state index in [-0.39, 0.29) is 23.6 Å². The number of aliphatic carboxylic acids is 1. The number of carboxylic acids is 1. The molecule has 8 nitrogen and oxygen atoms in total. The van der Waals surface area contributed by atoms with Crippen molar-refractivity contribution in [1.82, 2.24) is 10.2 Å². The highest BCUT2D eigenvalue weighted by molar-refractivity contribution is 6.42. The number of imide groups is 1. The van der Waals surface area contributed by atoms with Crippen LogP contribution in [-0.2, 0) is 14.4 Å². The lowest BCUT2D eigenvalue weighted by Crippen LogP contribution is -2.35. The summed E-state index contributed by atoms with van der Waals surface area (Å²) in [5, 5.41) is 11.7. The number of hydrogen-bond donors (Lipinski definition) is 2. The number of rotatable bonds is 6. The molecule has 2 N–H and O–H groups in total. The highest BCUT2D eigenvalue weighted by atomic mass is 35.5. The van der Waals surface area contributed by atoms with E-state index in [1.54, 1.807) is 0 Å². The fourth-order valence-electron chi connectivity index (χ4n) is 2.35. The van der Waals surface area contributed by atoms with Crippen LogP contribution in [0.2, 0.25) is 10.0 Å². The number of likely N-dealkylation sites (N-methyl/N-ethyl adjacent to an activating group) is 1. The highest BCUT2D eigenvalue weighted by Gasteiger charge is 2.39. The first-order valence-corrected chi connectivity index (χ1v) is 8.01. The third-order valence-electron chi connectivity index (χ3n) is 3.63. The minimum Gasteiger partial charge on any atom is -0.480 e.